The van der Waals surface area contributed by atoms with E-state index >= 15 is 0 Å². The molecule has 0 radical (unpaired) electrons. The van der Waals surface area contributed by atoms with Gasteiger partial charge in [0.2, 0.25) is 0 Å². The van der Waals surface area contributed by atoms with Crippen LogP contribution >= 0.6 is 35.0 Å². The zero-order valence-electron chi connectivity index (χ0n) is 14.0. The highest BCUT2D eigenvalue weighted by atomic mass is 35.5. The van der Waals surface area contributed by atoms with Crippen molar-refractivity contribution in [3.8, 4) is 0 Å². The molecule has 0 aromatic heterocycles. The van der Waals surface area contributed by atoms with Gasteiger partial charge in [-0.25, -0.2) is 4.99 Å². The maximum Gasteiger partial charge on any atom is 0.180 e. The second-order valence-electron chi connectivity index (χ2n) is 6.06. The SMILES string of the molecule is CN1C=C(Sc2cccc(Cl)c2Cl)C(N)=NC1N1CCN[C@@H](CN)C1. The van der Waals surface area contributed by atoms with Crippen LogP contribution < -0.4 is 16.8 Å². The van der Waals surface area contributed by atoms with Gasteiger partial charge in [-0.15, -0.1) is 0 Å². The van der Waals surface area contributed by atoms with Crippen LogP contribution in [0.15, 0.2) is 39.2 Å². The van der Waals surface area contributed by atoms with Crippen molar-refractivity contribution >= 4 is 40.8 Å². The normalized spacial score (nSPS) is 24.9. The maximum atomic E-state index is 6.28. The van der Waals surface area contributed by atoms with E-state index in [1.807, 2.05) is 25.4 Å². The molecule has 1 aromatic carbocycles. The summed E-state index contributed by atoms with van der Waals surface area (Å²) in [7, 11) is 2.00. The molecule has 0 bridgehead atoms. The first kappa shape index (κ1) is 18.8. The number of nitrogens with one attached hydrogen (secondary N) is 1. The number of rotatable bonds is 4. The molecule has 0 aliphatic carbocycles. The van der Waals surface area contributed by atoms with E-state index in [-0.39, 0.29) is 12.3 Å². The summed E-state index contributed by atoms with van der Waals surface area (Å²) in [5, 5.41) is 4.46. The summed E-state index contributed by atoms with van der Waals surface area (Å²) in [6.07, 6.45) is 1.89. The highest BCUT2D eigenvalue weighted by molar-refractivity contribution is 8.04. The lowest BCUT2D eigenvalue weighted by atomic mass is 10.2. The average molecular weight is 401 g/mol. The highest BCUT2D eigenvalue weighted by Crippen LogP contribution is 2.37. The number of nitrogens with two attached hydrogens (primary N) is 2. The Morgan fingerprint density at radius 1 is 1.40 bits per heavy atom. The van der Waals surface area contributed by atoms with Crippen LogP contribution in [0, 0.1) is 0 Å². The average Bonchev–Trinajstić information content (AvgIpc) is 2.61. The number of amidine groups is 1. The van der Waals surface area contributed by atoms with Crippen molar-refractivity contribution in [2.75, 3.05) is 33.2 Å². The summed E-state index contributed by atoms with van der Waals surface area (Å²) in [6.45, 7) is 3.25. The summed E-state index contributed by atoms with van der Waals surface area (Å²) in [5.74, 6) is 0.506. The number of hydrogen-bond donors (Lipinski definition) is 3. The van der Waals surface area contributed by atoms with Gasteiger partial charge in [0.1, 0.15) is 5.84 Å². The molecule has 2 atom stereocenters. The highest BCUT2D eigenvalue weighted by Gasteiger charge is 2.29. The third-order valence-electron chi connectivity index (χ3n) is 4.23. The molecule has 1 unspecified atom stereocenters. The minimum absolute atomic E-state index is 0.115. The first-order valence-electron chi connectivity index (χ1n) is 8.06. The Labute approximate surface area is 162 Å². The minimum atomic E-state index is -0.115. The lowest BCUT2D eigenvalue weighted by Crippen LogP contribution is -2.59. The Morgan fingerprint density at radius 2 is 2.20 bits per heavy atom. The molecule has 5 N–H and O–H groups in total. The Bertz CT molecular complexity index is 695. The lowest BCUT2D eigenvalue weighted by Gasteiger charge is -2.41. The summed E-state index contributed by atoms with van der Waals surface area (Å²) in [5.41, 5.74) is 12.0. The topological polar surface area (TPSA) is 82.9 Å². The number of aliphatic imine (C=N–C) groups is 1. The minimum Gasteiger partial charge on any atom is -0.383 e. The van der Waals surface area contributed by atoms with Gasteiger partial charge in [0, 0.05) is 50.4 Å². The molecule has 3 rings (SSSR count). The molecule has 1 fully saturated rings. The van der Waals surface area contributed by atoms with E-state index in [4.69, 9.17) is 39.7 Å². The fourth-order valence-corrected chi connectivity index (χ4v) is 4.35. The molecule has 0 saturated carbocycles. The van der Waals surface area contributed by atoms with Crippen molar-refractivity contribution in [1.29, 1.82) is 0 Å². The molecule has 25 heavy (non-hydrogen) atoms. The van der Waals surface area contributed by atoms with Crippen LogP contribution in [0.3, 0.4) is 0 Å². The van der Waals surface area contributed by atoms with Crippen LogP contribution in [-0.4, -0.2) is 61.2 Å². The zero-order chi connectivity index (χ0) is 18.0. The van der Waals surface area contributed by atoms with E-state index in [0.717, 1.165) is 29.4 Å². The van der Waals surface area contributed by atoms with Crippen LogP contribution in [0.4, 0.5) is 0 Å². The zero-order valence-corrected chi connectivity index (χ0v) is 16.3. The van der Waals surface area contributed by atoms with Gasteiger partial charge in [-0.05, 0) is 12.1 Å². The van der Waals surface area contributed by atoms with Gasteiger partial charge >= 0.3 is 0 Å². The molecule has 2 aliphatic heterocycles. The molecule has 2 heterocycles. The van der Waals surface area contributed by atoms with Crippen molar-refractivity contribution in [2.24, 2.45) is 16.5 Å². The number of halogens is 2. The summed E-state index contributed by atoms with van der Waals surface area (Å²) in [6, 6.07) is 5.83. The number of nitrogens with zero attached hydrogens (tertiary/aromatic N) is 3. The summed E-state index contributed by atoms with van der Waals surface area (Å²) < 4.78 is 0. The van der Waals surface area contributed by atoms with Crippen LogP contribution in [0.5, 0.6) is 0 Å². The van der Waals surface area contributed by atoms with Crippen molar-refractivity contribution in [3.63, 3.8) is 0 Å². The van der Waals surface area contributed by atoms with E-state index < -0.39 is 0 Å². The maximum absolute atomic E-state index is 6.28. The van der Waals surface area contributed by atoms with Crippen molar-refractivity contribution in [3.05, 3.63) is 39.3 Å². The molecule has 0 amide bonds. The van der Waals surface area contributed by atoms with E-state index in [2.05, 4.69) is 15.1 Å². The number of thioether (sulfide) groups is 1. The quantitative estimate of drug-likeness (QED) is 0.713. The Kier molecular flexibility index (Phi) is 6.14. The molecule has 1 saturated heterocycles. The standard InChI is InChI=1S/C16H22Cl2N6S/c1-23-9-13(25-12-4-2-3-11(17)14(12)18)15(20)22-16(23)24-6-5-21-10(7-19)8-24/h2-4,9-10,16,21H,5-8,19H2,1H3,(H2,20,22)/t10-,16?/m0/s1. The van der Waals surface area contributed by atoms with Crippen molar-refractivity contribution in [2.45, 2.75) is 17.2 Å². The first-order chi connectivity index (χ1) is 12.0. The van der Waals surface area contributed by atoms with Gasteiger partial charge in [0.15, 0.2) is 6.29 Å². The van der Waals surface area contributed by atoms with Gasteiger partial charge in [0.25, 0.3) is 0 Å². The second-order valence-corrected chi connectivity index (χ2v) is 7.92. The fourth-order valence-electron chi connectivity index (χ4n) is 2.91. The largest absolute Gasteiger partial charge is 0.383 e. The predicted octanol–water partition coefficient (Wildman–Crippen LogP) is 1.75. The number of piperazine rings is 1. The van der Waals surface area contributed by atoms with Gasteiger partial charge in [-0.2, -0.15) is 0 Å². The third-order valence-corrected chi connectivity index (χ3v) is 6.25. The summed E-state index contributed by atoms with van der Waals surface area (Å²) >= 11 is 13.8. The number of benzene rings is 1. The predicted molar refractivity (Wildman–Crippen MR) is 106 cm³/mol. The summed E-state index contributed by atoms with van der Waals surface area (Å²) in [4.78, 5) is 10.8. The Morgan fingerprint density at radius 3 is 2.96 bits per heavy atom. The smallest absolute Gasteiger partial charge is 0.180 e. The van der Waals surface area contributed by atoms with E-state index in [1.54, 1.807) is 6.07 Å². The van der Waals surface area contributed by atoms with Crippen LogP contribution in [-0.2, 0) is 0 Å². The molecular weight excluding hydrogens is 379 g/mol. The van der Waals surface area contributed by atoms with Crippen LogP contribution in [0.1, 0.15) is 0 Å². The Balaban J connectivity index is 1.75. The molecule has 6 nitrogen and oxygen atoms in total. The van der Waals surface area contributed by atoms with Gasteiger partial charge in [-0.1, -0.05) is 41.0 Å². The van der Waals surface area contributed by atoms with Crippen molar-refractivity contribution in [1.82, 2.24) is 15.1 Å². The molecule has 1 aromatic rings. The molecular formula is C16H22Cl2N6S. The third kappa shape index (κ3) is 4.24. The van der Waals surface area contributed by atoms with Crippen molar-refractivity contribution < 1.29 is 0 Å². The second kappa shape index (κ2) is 8.16. The van der Waals surface area contributed by atoms with E-state index in [0.29, 0.717) is 22.4 Å². The first-order valence-corrected chi connectivity index (χ1v) is 9.63. The molecule has 0 spiro atoms. The molecule has 136 valence electrons. The fraction of sp³-hybridized carbons (Fsp3) is 0.438. The Hall–Kier alpha value is -0.960. The number of hydrogen-bond acceptors (Lipinski definition) is 7. The van der Waals surface area contributed by atoms with Crippen LogP contribution in [0.2, 0.25) is 10.0 Å². The molecule has 2 aliphatic rings. The monoisotopic (exact) mass is 400 g/mol. The molecule has 9 heteroatoms. The van der Waals surface area contributed by atoms with E-state index in [1.165, 1.54) is 11.8 Å². The van der Waals surface area contributed by atoms with E-state index in [9.17, 15) is 0 Å². The van der Waals surface area contributed by atoms with Gasteiger partial charge in [0.05, 0.1) is 15.0 Å². The lowest BCUT2D eigenvalue weighted by molar-refractivity contribution is 0.0695. The van der Waals surface area contributed by atoms with Gasteiger partial charge < -0.3 is 21.7 Å². The van der Waals surface area contributed by atoms with Gasteiger partial charge in [-0.3, -0.25) is 4.90 Å². The van der Waals surface area contributed by atoms with Crippen LogP contribution in [0.25, 0.3) is 0 Å².